The quantitative estimate of drug-likeness (QED) is 0.438. The number of hydrogen-bond acceptors (Lipinski definition) is 7. The van der Waals surface area contributed by atoms with Crippen LogP contribution in [0.1, 0.15) is 37.4 Å². The van der Waals surface area contributed by atoms with Crippen molar-refractivity contribution in [3.63, 3.8) is 0 Å². The largest absolute Gasteiger partial charge is 0.496 e. The summed E-state index contributed by atoms with van der Waals surface area (Å²) in [6, 6.07) is 6.53. The molecule has 0 saturated carbocycles. The van der Waals surface area contributed by atoms with Gasteiger partial charge in [-0.25, -0.2) is 0 Å². The fourth-order valence-corrected chi connectivity index (χ4v) is 3.70. The maximum Gasteiger partial charge on any atom is 0.202 e. The average molecular weight is 467 g/mol. The van der Waals surface area contributed by atoms with Crippen LogP contribution in [0, 0.1) is 5.41 Å². The Morgan fingerprint density at radius 1 is 1.00 bits per heavy atom. The molecule has 28 heavy (non-hydrogen) atoms. The number of amidine groups is 1. The number of methoxy groups -OCH3 is 3. The molecule has 0 saturated heterocycles. The minimum absolute atomic E-state index is 0. The second-order valence-corrected chi connectivity index (χ2v) is 6.73. The van der Waals surface area contributed by atoms with Gasteiger partial charge in [-0.05, 0) is 12.1 Å². The average Bonchev–Trinajstić information content (AvgIpc) is 2.68. The lowest BCUT2D eigenvalue weighted by atomic mass is 9.81. The number of carbonyl (C=O) groups excluding carboxylic acids is 2. The molecule has 0 aromatic heterocycles. The molecule has 1 aliphatic carbocycles. The van der Waals surface area contributed by atoms with Gasteiger partial charge in [0.2, 0.25) is 5.78 Å². The van der Waals surface area contributed by atoms with Crippen molar-refractivity contribution in [2.24, 2.45) is 5.73 Å². The van der Waals surface area contributed by atoms with Crippen LogP contribution >= 0.6 is 28.7 Å². The van der Waals surface area contributed by atoms with E-state index in [9.17, 15) is 9.59 Å². The fraction of sp³-hybridized carbons (Fsp3) is 0.211. The zero-order valence-electron chi connectivity index (χ0n) is 15.5. The Balaban J connectivity index is 0.00000280. The van der Waals surface area contributed by atoms with E-state index in [1.165, 1.54) is 21.3 Å². The van der Waals surface area contributed by atoms with Gasteiger partial charge < -0.3 is 19.9 Å². The smallest absolute Gasteiger partial charge is 0.202 e. The fourth-order valence-electron chi connectivity index (χ4n) is 3.18. The van der Waals surface area contributed by atoms with Gasteiger partial charge in [-0.15, -0.1) is 17.0 Å². The highest BCUT2D eigenvalue weighted by Crippen LogP contribution is 2.43. The van der Waals surface area contributed by atoms with E-state index >= 15 is 0 Å². The first-order chi connectivity index (χ1) is 12.9. The third-order valence-electron chi connectivity index (χ3n) is 4.30. The van der Waals surface area contributed by atoms with Gasteiger partial charge in [0.15, 0.2) is 11.0 Å². The van der Waals surface area contributed by atoms with Crippen LogP contribution in [0.4, 0.5) is 0 Å². The van der Waals surface area contributed by atoms with Crippen LogP contribution in [-0.2, 0) is 5.75 Å². The highest BCUT2D eigenvalue weighted by atomic mass is 79.9. The molecule has 7 nitrogen and oxygen atoms in total. The Morgan fingerprint density at radius 2 is 1.68 bits per heavy atom. The van der Waals surface area contributed by atoms with Gasteiger partial charge in [-0.2, -0.15) is 0 Å². The van der Waals surface area contributed by atoms with Crippen LogP contribution < -0.4 is 19.9 Å². The van der Waals surface area contributed by atoms with Gasteiger partial charge >= 0.3 is 0 Å². The Hall–Kier alpha value is -2.52. The summed E-state index contributed by atoms with van der Waals surface area (Å²) in [5, 5.41) is 7.34. The van der Waals surface area contributed by atoms with Crippen molar-refractivity contribution in [2.45, 2.75) is 5.75 Å². The van der Waals surface area contributed by atoms with Crippen LogP contribution in [0.3, 0.4) is 0 Å². The Labute approximate surface area is 176 Å². The van der Waals surface area contributed by atoms with E-state index in [0.717, 1.165) is 11.8 Å². The number of thioether (sulfide) groups is 1. The lowest BCUT2D eigenvalue weighted by Crippen LogP contribution is -2.24. The maximum absolute atomic E-state index is 13.3. The van der Waals surface area contributed by atoms with Gasteiger partial charge in [0.25, 0.3) is 0 Å². The number of benzene rings is 2. The van der Waals surface area contributed by atoms with Gasteiger partial charge in [0.1, 0.15) is 17.2 Å². The molecule has 0 fully saturated rings. The first-order valence-corrected chi connectivity index (χ1v) is 8.94. The standard InChI is InChI=1S/C19H18N2O5S.BrH/c1-24-11-6-4-5-10-13(11)17(23)15-14(16(10)22)12(25-2)7-9(18(15)26-3)8-27-19(20)21;/h4-7H,8H2,1-3H3,(H3,20,21);1H. The number of halogens is 1. The molecule has 3 rings (SSSR count). The SMILES string of the molecule is Br.COc1cccc2c1C(=O)c1c(OC)c(CSC(=N)N)cc(OC)c1C2=O. The topological polar surface area (TPSA) is 112 Å². The Kier molecular flexibility index (Phi) is 6.73. The number of rotatable bonds is 5. The normalized spacial score (nSPS) is 11.8. The van der Waals surface area contributed by atoms with Gasteiger partial charge in [0.05, 0.1) is 38.0 Å². The molecular weight excluding hydrogens is 448 g/mol. The summed E-state index contributed by atoms with van der Waals surface area (Å²) in [6.07, 6.45) is 0. The van der Waals surface area contributed by atoms with Crippen molar-refractivity contribution in [1.29, 1.82) is 5.41 Å². The molecule has 0 unspecified atom stereocenters. The van der Waals surface area contributed by atoms with Crippen molar-refractivity contribution in [3.05, 3.63) is 52.1 Å². The van der Waals surface area contributed by atoms with Crippen molar-refractivity contribution in [1.82, 2.24) is 0 Å². The molecule has 0 radical (unpaired) electrons. The number of ether oxygens (including phenoxy) is 3. The highest BCUT2D eigenvalue weighted by molar-refractivity contribution is 8.93. The first kappa shape index (κ1) is 21.8. The molecule has 148 valence electrons. The number of carbonyl (C=O) groups is 2. The maximum atomic E-state index is 13.3. The van der Waals surface area contributed by atoms with Crippen molar-refractivity contribution < 1.29 is 23.8 Å². The second-order valence-electron chi connectivity index (χ2n) is 5.72. The van der Waals surface area contributed by atoms with E-state index < -0.39 is 0 Å². The van der Waals surface area contributed by atoms with Crippen molar-refractivity contribution in [3.8, 4) is 17.2 Å². The summed E-state index contributed by atoms with van der Waals surface area (Å²) in [5.41, 5.74) is 6.80. The predicted molar refractivity (Wildman–Crippen MR) is 113 cm³/mol. The molecular formula is C19H19BrN2O5S. The van der Waals surface area contributed by atoms with Crippen LogP contribution in [0.5, 0.6) is 17.2 Å². The zero-order chi connectivity index (χ0) is 19.7. The minimum atomic E-state index is -0.373. The number of ketones is 2. The first-order valence-electron chi connectivity index (χ1n) is 7.95. The molecule has 0 atom stereocenters. The van der Waals surface area contributed by atoms with E-state index in [1.54, 1.807) is 24.3 Å². The molecule has 9 heteroatoms. The third-order valence-corrected chi connectivity index (χ3v) is 5.07. The van der Waals surface area contributed by atoms with E-state index in [2.05, 4.69) is 0 Å². The van der Waals surface area contributed by atoms with E-state index in [4.69, 9.17) is 25.4 Å². The predicted octanol–water partition coefficient (Wildman–Crippen LogP) is 3.19. The zero-order valence-corrected chi connectivity index (χ0v) is 18.0. The monoisotopic (exact) mass is 466 g/mol. The van der Waals surface area contributed by atoms with E-state index in [-0.39, 0.29) is 67.5 Å². The summed E-state index contributed by atoms with van der Waals surface area (Å²) in [5.74, 6) is 0.455. The van der Waals surface area contributed by atoms with Gasteiger partial charge in [-0.3, -0.25) is 15.0 Å². The van der Waals surface area contributed by atoms with Crippen LogP contribution in [-0.4, -0.2) is 38.1 Å². The lowest BCUT2D eigenvalue weighted by Gasteiger charge is -2.24. The van der Waals surface area contributed by atoms with Crippen LogP contribution in [0.2, 0.25) is 0 Å². The molecule has 0 heterocycles. The van der Waals surface area contributed by atoms with E-state index in [0.29, 0.717) is 17.1 Å². The third kappa shape index (κ3) is 3.47. The molecule has 2 aromatic carbocycles. The number of nitrogens with two attached hydrogens (primary N) is 1. The summed E-state index contributed by atoms with van der Waals surface area (Å²) < 4.78 is 16.2. The van der Waals surface area contributed by atoms with Crippen LogP contribution in [0.15, 0.2) is 24.3 Å². The molecule has 0 amide bonds. The van der Waals surface area contributed by atoms with Gasteiger partial charge in [-0.1, -0.05) is 23.9 Å². The number of fused-ring (bicyclic) bond motifs is 2. The van der Waals surface area contributed by atoms with Crippen molar-refractivity contribution in [2.75, 3.05) is 21.3 Å². The second kappa shape index (κ2) is 8.66. The highest BCUT2D eigenvalue weighted by Gasteiger charge is 2.38. The lowest BCUT2D eigenvalue weighted by molar-refractivity contribution is 0.0971. The molecule has 0 spiro atoms. The summed E-state index contributed by atoms with van der Waals surface area (Å²) in [7, 11) is 4.31. The molecule has 3 N–H and O–H groups in total. The van der Waals surface area contributed by atoms with E-state index in [1.807, 2.05) is 0 Å². The number of nitrogens with one attached hydrogen (secondary N) is 1. The van der Waals surface area contributed by atoms with Crippen molar-refractivity contribution >= 4 is 45.5 Å². The molecule has 0 bridgehead atoms. The Bertz CT molecular complexity index is 977. The molecule has 2 aromatic rings. The minimum Gasteiger partial charge on any atom is -0.496 e. The molecule has 1 aliphatic rings. The van der Waals surface area contributed by atoms with Gasteiger partial charge in [0, 0.05) is 16.9 Å². The summed E-state index contributed by atoms with van der Waals surface area (Å²) in [6.45, 7) is 0. The summed E-state index contributed by atoms with van der Waals surface area (Å²) >= 11 is 1.08. The number of hydrogen-bond donors (Lipinski definition) is 2. The summed E-state index contributed by atoms with van der Waals surface area (Å²) in [4.78, 5) is 26.5. The molecule has 0 aliphatic heterocycles. The van der Waals surface area contributed by atoms with Crippen LogP contribution in [0.25, 0.3) is 0 Å². The Morgan fingerprint density at radius 3 is 2.25 bits per heavy atom.